The number of H-pyrrole nitrogens is 1. The number of halogens is 2. The van der Waals surface area contributed by atoms with Crippen molar-refractivity contribution in [1.29, 1.82) is 0 Å². The zero-order valence-electron chi connectivity index (χ0n) is 14.6. The Bertz CT molecular complexity index is 1180. The molecule has 2 aromatic carbocycles. The van der Waals surface area contributed by atoms with Crippen molar-refractivity contribution in [3.63, 3.8) is 0 Å². The number of aromatic amines is 1. The van der Waals surface area contributed by atoms with Crippen LogP contribution in [0.5, 0.6) is 0 Å². The van der Waals surface area contributed by atoms with E-state index in [0.717, 1.165) is 0 Å². The fraction of sp³-hybridized carbons (Fsp3) is 0.0476. The van der Waals surface area contributed by atoms with E-state index < -0.39 is 17.7 Å². The maximum absolute atomic E-state index is 14.6. The van der Waals surface area contributed by atoms with Gasteiger partial charge in [0, 0.05) is 22.5 Å². The average Bonchev–Trinajstić information content (AvgIpc) is 3.17. The van der Waals surface area contributed by atoms with Gasteiger partial charge in [-0.3, -0.25) is 4.79 Å². The van der Waals surface area contributed by atoms with Crippen molar-refractivity contribution in [3.05, 3.63) is 75.8 Å². The highest BCUT2D eigenvalue weighted by Gasteiger charge is 2.29. The molecule has 0 fully saturated rings. The van der Waals surface area contributed by atoms with E-state index in [2.05, 4.69) is 10.3 Å². The average molecular weight is 397 g/mol. The quantitative estimate of drug-likeness (QED) is 0.546. The topological polar surface area (TPSA) is 82.2 Å². The van der Waals surface area contributed by atoms with Crippen molar-refractivity contribution < 1.29 is 19.1 Å². The molecule has 0 unspecified atom stereocenters. The summed E-state index contributed by atoms with van der Waals surface area (Å²) in [5, 5.41) is 12.1. The van der Waals surface area contributed by atoms with E-state index in [9.17, 15) is 19.1 Å². The third kappa shape index (κ3) is 2.88. The Hall–Kier alpha value is -3.38. The number of carbonyl (C=O) groups is 2. The first-order valence-electron chi connectivity index (χ1n) is 8.40. The summed E-state index contributed by atoms with van der Waals surface area (Å²) < 4.78 is 14.6. The first kappa shape index (κ1) is 18.0. The Morgan fingerprint density at radius 3 is 2.64 bits per heavy atom. The molecule has 140 valence electrons. The summed E-state index contributed by atoms with van der Waals surface area (Å²) in [4.78, 5) is 27.0. The summed E-state index contributed by atoms with van der Waals surface area (Å²) >= 11 is 5.93. The number of nitrogens with one attached hydrogen (secondary N) is 2. The van der Waals surface area contributed by atoms with Crippen LogP contribution in [0.15, 0.2) is 42.5 Å². The predicted molar refractivity (Wildman–Crippen MR) is 106 cm³/mol. The van der Waals surface area contributed by atoms with Crippen molar-refractivity contribution in [2.75, 3.05) is 5.32 Å². The number of fused-ring (bicyclic) bond motifs is 1. The zero-order valence-corrected chi connectivity index (χ0v) is 15.4. The lowest BCUT2D eigenvalue weighted by molar-refractivity contribution is -0.110. The van der Waals surface area contributed by atoms with Gasteiger partial charge in [0.15, 0.2) is 0 Å². The van der Waals surface area contributed by atoms with Crippen LogP contribution in [0.3, 0.4) is 0 Å². The van der Waals surface area contributed by atoms with Crippen LogP contribution in [0.25, 0.3) is 22.8 Å². The van der Waals surface area contributed by atoms with Crippen LogP contribution in [0.1, 0.15) is 27.3 Å². The standard InChI is InChI=1S/C21H14ClFN2O3/c1-10-8-13(21(27)28)17(24-10)9-14-18-11(4-3-7-16(18)25-20(14)26)12-5-2-6-15(22)19(12)23/h2-9,24H,1H3,(H,25,26)(H,27,28). The van der Waals surface area contributed by atoms with Crippen LogP contribution in [0.4, 0.5) is 10.1 Å². The maximum Gasteiger partial charge on any atom is 0.337 e. The molecule has 0 saturated heterocycles. The van der Waals surface area contributed by atoms with Crippen molar-refractivity contribution in [2.24, 2.45) is 0 Å². The number of aromatic carboxylic acids is 1. The summed E-state index contributed by atoms with van der Waals surface area (Å²) in [6.07, 6.45) is 1.48. The number of aryl methyl sites for hydroxylation is 1. The summed E-state index contributed by atoms with van der Waals surface area (Å²) in [5.41, 5.74) is 3.01. The number of hydrogen-bond donors (Lipinski definition) is 3. The molecule has 0 radical (unpaired) electrons. The molecular formula is C21H14ClFN2O3. The highest BCUT2D eigenvalue weighted by molar-refractivity contribution is 6.36. The Morgan fingerprint density at radius 1 is 1.18 bits per heavy atom. The van der Waals surface area contributed by atoms with Gasteiger partial charge in [-0.2, -0.15) is 0 Å². The van der Waals surface area contributed by atoms with Crippen LogP contribution in [-0.2, 0) is 4.79 Å². The number of aromatic nitrogens is 1. The third-order valence-electron chi connectivity index (χ3n) is 4.57. The van der Waals surface area contributed by atoms with Gasteiger partial charge < -0.3 is 15.4 Å². The smallest absolute Gasteiger partial charge is 0.337 e. The van der Waals surface area contributed by atoms with Crippen LogP contribution in [-0.4, -0.2) is 22.0 Å². The van der Waals surface area contributed by atoms with E-state index in [0.29, 0.717) is 28.2 Å². The van der Waals surface area contributed by atoms with Crippen LogP contribution < -0.4 is 5.32 Å². The summed E-state index contributed by atoms with van der Waals surface area (Å²) in [6.45, 7) is 1.73. The minimum atomic E-state index is -1.11. The van der Waals surface area contributed by atoms with Crippen molar-refractivity contribution >= 4 is 40.8 Å². The van der Waals surface area contributed by atoms with Gasteiger partial charge in [-0.15, -0.1) is 0 Å². The number of amides is 1. The summed E-state index contributed by atoms with van der Waals surface area (Å²) in [6, 6.07) is 11.3. The molecule has 1 aromatic heterocycles. The largest absolute Gasteiger partial charge is 0.478 e. The van der Waals surface area contributed by atoms with Gasteiger partial charge >= 0.3 is 5.97 Å². The SMILES string of the molecule is Cc1cc(C(=O)O)c(C=C2C(=O)Nc3cccc(-c4cccc(Cl)c4F)c32)[nH]1. The zero-order chi connectivity index (χ0) is 20.0. The second kappa shape index (κ2) is 6.65. The molecule has 2 heterocycles. The lowest BCUT2D eigenvalue weighted by Gasteiger charge is -2.10. The van der Waals surface area contributed by atoms with Crippen LogP contribution in [0, 0.1) is 12.7 Å². The minimum Gasteiger partial charge on any atom is -0.478 e. The molecule has 0 bridgehead atoms. The molecule has 1 amide bonds. The van der Waals surface area contributed by atoms with Gasteiger partial charge in [-0.25, -0.2) is 9.18 Å². The van der Waals surface area contributed by atoms with Crippen LogP contribution in [0.2, 0.25) is 5.02 Å². The van der Waals surface area contributed by atoms with E-state index in [1.54, 1.807) is 37.3 Å². The minimum absolute atomic E-state index is 0.0222. The number of carboxylic acid groups (broad SMARTS) is 1. The molecular weight excluding hydrogens is 383 g/mol. The van der Waals surface area contributed by atoms with E-state index >= 15 is 0 Å². The Labute approximate surface area is 164 Å². The second-order valence-electron chi connectivity index (χ2n) is 6.43. The molecule has 3 N–H and O–H groups in total. The number of hydrogen-bond acceptors (Lipinski definition) is 2. The molecule has 3 aromatic rings. The Morgan fingerprint density at radius 2 is 1.89 bits per heavy atom. The van der Waals surface area contributed by atoms with E-state index in [4.69, 9.17) is 11.6 Å². The first-order chi connectivity index (χ1) is 13.4. The third-order valence-corrected chi connectivity index (χ3v) is 4.86. The number of anilines is 1. The molecule has 4 rings (SSSR count). The molecule has 1 aliphatic heterocycles. The molecule has 28 heavy (non-hydrogen) atoms. The fourth-order valence-electron chi connectivity index (χ4n) is 3.37. The van der Waals surface area contributed by atoms with Crippen molar-refractivity contribution in [1.82, 2.24) is 4.98 Å². The molecule has 0 atom stereocenters. The lowest BCUT2D eigenvalue weighted by Crippen LogP contribution is -2.04. The Balaban J connectivity index is 1.95. The molecule has 0 spiro atoms. The van der Waals surface area contributed by atoms with Crippen LogP contribution >= 0.6 is 11.6 Å². The van der Waals surface area contributed by atoms with Gasteiger partial charge in [0.25, 0.3) is 5.91 Å². The first-order valence-corrected chi connectivity index (χ1v) is 8.78. The number of carbonyl (C=O) groups excluding carboxylic acids is 1. The number of benzene rings is 2. The normalized spacial score (nSPS) is 14.2. The van der Waals surface area contributed by atoms with E-state index in [1.807, 2.05) is 0 Å². The van der Waals surface area contributed by atoms with Gasteiger partial charge in [-0.05, 0) is 36.8 Å². The van der Waals surface area contributed by atoms with Crippen molar-refractivity contribution in [2.45, 2.75) is 6.92 Å². The monoisotopic (exact) mass is 396 g/mol. The van der Waals surface area contributed by atoms with E-state index in [-0.39, 0.29) is 21.7 Å². The van der Waals surface area contributed by atoms with Crippen molar-refractivity contribution in [3.8, 4) is 11.1 Å². The maximum atomic E-state index is 14.6. The summed E-state index contributed by atoms with van der Waals surface area (Å²) in [7, 11) is 0. The number of rotatable bonds is 3. The summed E-state index contributed by atoms with van der Waals surface area (Å²) in [5.74, 6) is -2.09. The lowest BCUT2D eigenvalue weighted by atomic mass is 9.94. The molecule has 5 nitrogen and oxygen atoms in total. The van der Waals surface area contributed by atoms with Gasteiger partial charge in [-0.1, -0.05) is 35.9 Å². The Kier molecular flexibility index (Phi) is 4.28. The second-order valence-corrected chi connectivity index (χ2v) is 6.83. The molecule has 7 heteroatoms. The highest BCUT2D eigenvalue weighted by atomic mass is 35.5. The van der Waals surface area contributed by atoms with E-state index in [1.165, 1.54) is 18.2 Å². The molecule has 0 aliphatic carbocycles. The van der Waals surface area contributed by atoms with Gasteiger partial charge in [0.1, 0.15) is 5.82 Å². The van der Waals surface area contributed by atoms with Gasteiger partial charge in [0.2, 0.25) is 0 Å². The fourth-order valence-corrected chi connectivity index (χ4v) is 3.54. The molecule has 0 saturated carbocycles. The van der Waals surface area contributed by atoms with Gasteiger partial charge in [0.05, 0.1) is 21.9 Å². The highest BCUT2D eigenvalue weighted by Crippen LogP contribution is 2.42. The number of carboxylic acids is 1. The molecule has 1 aliphatic rings. The predicted octanol–water partition coefficient (Wildman–Crippen LogP) is 4.97.